The van der Waals surface area contributed by atoms with Gasteiger partial charge in [-0.25, -0.2) is 4.39 Å². The van der Waals surface area contributed by atoms with Crippen LogP contribution in [0, 0.1) is 5.82 Å². The van der Waals surface area contributed by atoms with Gasteiger partial charge in [-0.1, -0.05) is 34.1 Å². The zero-order valence-corrected chi connectivity index (χ0v) is 11.3. The van der Waals surface area contributed by atoms with Crippen molar-refractivity contribution in [1.82, 2.24) is 0 Å². The van der Waals surface area contributed by atoms with E-state index in [-0.39, 0.29) is 11.6 Å². The molecule has 0 aliphatic carbocycles. The minimum atomic E-state index is -0.382. The molecule has 0 aliphatic rings. The highest BCUT2D eigenvalue weighted by Crippen LogP contribution is 2.20. The van der Waals surface area contributed by atoms with E-state index in [1.54, 1.807) is 12.1 Å². The molecule has 2 N–H and O–H groups in total. The van der Waals surface area contributed by atoms with Gasteiger partial charge in [0.15, 0.2) is 11.6 Å². The molecule has 0 spiro atoms. The molecule has 2 aromatic carbocycles. The van der Waals surface area contributed by atoms with Crippen LogP contribution in [0.4, 0.5) is 4.39 Å². The third-order valence-electron chi connectivity index (χ3n) is 2.52. The van der Waals surface area contributed by atoms with Crippen LogP contribution in [0.3, 0.4) is 0 Å². The summed E-state index contributed by atoms with van der Waals surface area (Å²) in [6.45, 7) is 0.654. The van der Waals surface area contributed by atoms with Gasteiger partial charge in [0.1, 0.15) is 6.61 Å². The molecular weight excluding hydrogens is 297 g/mol. The maximum absolute atomic E-state index is 13.6. The minimum Gasteiger partial charge on any atom is -0.486 e. The summed E-state index contributed by atoms with van der Waals surface area (Å²) in [6.07, 6.45) is 0. The van der Waals surface area contributed by atoms with Crippen molar-refractivity contribution in [2.75, 3.05) is 0 Å². The van der Waals surface area contributed by atoms with Gasteiger partial charge in [-0.3, -0.25) is 0 Å². The van der Waals surface area contributed by atoms with Gasteiger partial charge < -0.3 is 10.5 Å². The number of halogens is 2. The van der Waals surface area contributed by atoms with Gasteiger partial charge in [0, 0.05) is 11.0 Å². The lowest BCUT2D eigenvalue weighted by Crippen LogP contribution is -2.00. The Bertz CT molecular complexity index is 545. The van der Waals surface area contributed by atoms with Crippen molar-refractivity contribution < 1.29 is 9.13 Å². The number of ether oxygens (including phenoxy) is 1. The molecule has 0 radical (unpaired) electrons. The highest BCUT2D eigenvalue weighted by atomic mass is 79.9. The Morgan fingerprint density at radius 3 is 2.61 bits per heavy atom. The van der Waals surface area contributed by atoms with Crippen molar-refractivity contribution in [1.29, 1.82) is 0 Å². The summed E-state index contributed by atoms with van der Waals surface area (Å²) in [5.74, 6) is -0.139. The molecule has 2 nitrogen and oxygen atoms in total. The average molecular weight is 310 g/mol. The molecule has 4 heteroatoms. The summed E-state index contributed by atoms with van der Waals surface area (Å²) in [6, 6.07) is 12.5. The first kappa shape index (κ1) is 13.1. The summed E-state index contributed by atoms with van der Waals surface area (Å²) < 4.78 is 20.0. The van der Waals surface area contributed by atoms with E-state index in [1.165, 1.54) is 6.07 Å². The van der Waals surface area contributed by atoms with E-state index in [1.807, 2.05) is 24.3 Å². The van der Waals surface area contributed by atoms with Crippen molar-refractivity contribution in [2.45, 2.75) is 13.2 Å². The molecule has 0 bridgehead atoms. The molecule has 0 aliphatic heterocycles. The molecule has 0 aromatic heterocycles. The van der Waals surface area contributed by atoms with Crippen molar-refractivity contribution in [2.24, 2.45) is 5.73 Å². The third-order valence-corrected chi connectivity index (χ3v) is 3.01. The summed E-state index contributed by atoms with van der Waals surface area (Å²) >= 11 is 3.38. The lowest BCUT2D eigenvalue weighted by molar-refractivity contribution is 0.290. The molecular formula is C14H13BrFNO. The largest absolute Gasteiger partial charge is 0.486 e. The zero-order chi connectivity index (χ0) is 13.0. The molecule has 0 saturated carbocycles. The van der Waals surface area contributed by atoms with Crippen LogP contribution < -0.4 is 10.5 Å². The monoisotopic (exact) mass is 309 g/mol. The Kier molecular flexibility index (Phi) is 4.33. The van der Waals surface area contributed by atoms with Gasteiger partial charge in [0.2, 0.25) is 0 Å². The quantitative estimate of drug-likeness (QED) is 0.936. The summed E-state index contributed by atoms with van der Waals surface area (Å²) in [5.41, 5.74) is 7.17. The highest BCUT2D eigenvalue weighted by molar-refractivity contribution is 9.10. The first-order valence-electron chi connectivity index (χ1n) is 5.55. The number of nitrogens with two attached hydrogens (primary N) is 1. The van der Waals surface area contributed by atoms with Crippen LogP contribution in [0.2, 0.25) is 0 Å². The molecule has 0 unspecified atom stereocenters. The van der Waals surface area contributed by atoms with E-state index in [0.717, 1.165) is 15.6 Å². The number of hydrogen-bond donors (Lipinski definition) is 1. The SMILES string of the molecule is NCc1ccc(OCc2cccc(Br)c2)c(F)c1. The molecule has 0 heterocycles. The van der Waals surface area contributed by atoms with Gasteiger partial charge in [0.05, 0.1) is 0 Å². The van der Waals surface area contributed by atoms with Crippen LogP contribution >= 0.6 is 15.9 Å². The van der Waals surface area contributed by atoms with Crippen molar-refractivity contribution >= 4 is 15.9 Å². The third kappa shape index (κ3) is 3.31. The normalized spacial score (nSPS) is 10.4. The van der Waals surface area contributed by atoms with Crippen LogP contribution in [0.15, 0.2) is 46.9 Å². The minimum absolute atomic E-state index is 0.243. The Morgan fingerprint density at radius 1 is 1.11 bits per heavy atom. The zero-order valence-electron chi connectivity index (χ0n) is 9.70. The Morgan fingerprint density at radius 2 is 1.94 bits per heavy atom. The van der Waals surface area contributed by atoms with Crippen LogP contribution in [0.5, 0.6) is 5.75 Å². The van der Waals surface area contributed by atoms with Crippen molar-refractivity contribution in [3.05, 3.63) is 63.9 Å². The maximum Gasteiger partial charge on any atom is 0.165 e. The highest BCUT2D eigenvalue weighted by Gasteiger charge is 2.04. The number of hydrogen-bond acceptors (Lipinski definition) is 2. The maximum atomic E-state index is 13.6. The summed E-state index contributed by atoms with van der Waals surface area (Å²) in [7, 11) is 0. The number of benzene rings is 2. The van der Waals surface area contributed by atoms with Crippen molar-refractivity contribution in [3.63, 3.8) is 0 Å². The first-order valence-corrected chi connectivity index (χ1v) is 6.34. The second-order valence-corrected chi connectivity index (χ2v) is 4.80. The predicted molar refractivity (Wildman–Crippen MR) is 72.8 cm³/mol. The molecule has 2 aromatic rings. The van der Waals surface area contributed by atoms with Gasteiger partial charge in [-0.05, 0) is 35.4 Å². The topological polar surface area (TPSA) is 35.2 Å². The Balaban J connectivity index is 2.06. The second-order valence-electron chi connectivity index (χ2n) is 3.89. The molecule has 0 saturated heterocycles. The Labute approximate surface area is 114 Å². The Hall–Kier alpha value is -1.39. The van der Waals surface area contributed by atoms with Crippen LogP contribution in [0.25, 0.3) is 0 Å². The fourth-order valence-corrected chi connectivity index (χ4v) is 2.02. The molecule has 0 fully saturated rings. The van der Waals surface area contributed by atoms with Crippen LogP contribution in [0.1, 0.15) is 11.1 Å². The van der Waals surface area contributed by atoms with Crippen molar-refractivity contribution in [3.8, 4) is 5.75 Å². The standard InChI is InChI=1S/C14H13BrFNO/c15-12-3-1-2-11(6-12)9-18-14-5-4-10(8-17)7-13(14)16/h1-7H,8-9,17H2. The molecule has 2 rings (SSSR count). The average Bonchev–Trinajstić information content (AvgIpc) is 2.37. The number of rotatable bonds is 4. The summed E-state index contributed by atoms with van der Waals surface area (Å²) in [4.78, 5) is 0. The fourth-order valence-electron chi connectivity index (χ4n) is 1.58. The van der Waals surface area contributed by atoms with Gasteiger partial charge in [-0.2, -0.15) is 0 Å². The van der Waals surface area contributed by atoms with E-state index in [4.69, 9.17) is 10.5 Å². The van der Waals surface area contributed by atoms with E-state index in [2.05, 4.69) is 15.9 Å². The van der Waals surface area contributed by atoms with Crippen LogP contribution in [-0.4, -0.2) is 0 Å². The smallest absolute Gasteiger partial charge is 0.165 e. The lowest BCUT2D eigenvalue weighted by Gasteiger charge is -2.08. The second kappa shape index (κ2) is 5.98. The fraction of sp³-hybridized carbons (Fsp3) is 0.143. The van der Waals surface area contributed by atoms with Gasteiger partial charge in [0.25, 0.3) is 0 Å². The van der Waals surface area contributed by atoms with E-state index >= 15 is 0 Å². The van der Waals surface area contributed by atoms with Gasteiger partial charge >= 0.3 is 0 Å². The summed E-state index contributed by atoms with van der Waals surface area (Å²) in [5, 5.41) is 0. The van der Waals surface area contributed by atoms with E-state index in [0.29, 0.717) is 13.2 Å². The molecule has 0 amide bonds. The molecule has 0 atom stereocenters. The molecule has 18 heavy (non-hydrogen) atoms. The first-order chi connectivity index (χ1) is 8.69. The predicted octanol–water partition coefficient (Wildman–Crippen LogP) is 3.63. The van der Waals surface area contributed by atoms with Gasteiger partial charge in [-0.15, -0.1) is 0 Å². The van der Waals surface area contributed by atoms with Crippen LogP contribution in [-0.2, 0) is 13.2 Å². The van der Waals surface area contributed by atoms with E-state index < -0.39 is 0 Å². The lowest BCUT2D eigenvalue weighted by atomic mass is 10.2. The van der Waals surface area contributed by atoms with E-state index in [9.17, 15) is 4.39 Å². The molecule has 94 valence electrons.